The highest BCUT2D eigenvalue weighted by molar-refractivity contribution is 5.98. The molecule has 3 N–H and O–H groups in total. The van der Waals surface area contributed by atoms with Crippen LogP contribution in [0.3, 0.4) is 0 Å². The molecule has 0 spiro atoms. The van der Waals surface area contributed by atoms with Crippen LogP contribution < -0.4 is 20.7 Å². The van der Waals surface area contributed by atoms with Gasteiger partial charge in [0.15, 0.2) is 0 Å². The highest BCUT2D eigenvalue weighted by atomic mass is 16.5. The minimum atomic E-state index is -0.449. The number of nitrogens with two attached hydrogens (primary N) is 1. The first-order valence-electron chi connectivity index (χ1n) is 9.50. The number of carbonyl (C=O) groups is 1. The number of benzene rings is 2. The number of amides is 1. The first-order chi connectivity index (χ1) is 13.2. The van der Waals surface area contributed by atoms with Crippen LogP contribution in [0.2, 0.25) is 0 Å². The molecule has 6 heteroatoms. The van der Waals surface area contributed by atoms with Crippen LogP contribution in [0, 0.1) is 0 Å². The minimum Gasteiger partial charge on any atom is -0.494 e. The Morgan fingerprint density at radius 1 is 1.11 bits per heavy atom. The van der Waals surface area contributed by atoms with E-state index in [-0.39, 0.29) is 0 Å². The largest absolute Gasteiger partial charge is 0.494 e. The van der Waals surface area contributed by atoms with E-state index in [1.54, 1.807) is 6.07 Å². The summed E-state index contributed by atoms with van der Waals surface area (Å²) in [7, 11) is 0. The van der Waals surface area contributed by atoms with E-state index in [0.717, 1.165) is 45.0 Å². The van der Waals surface area contributed by atoms with Crippen LogP contribution in [0.4, 0.5) is 11.4 Å². The van der Waals surface area contributed by atoms with Gasteiger partial charge in [-0.05, 0) is 37.3 Å². The van der Waals surface area contributed by atoms with Gasteiger partial charge in [-0.3, -0.25) is 9.69 Å². The van der Waals surface area contributed by atoms with Crippen LogP contribution in [0.1, 0.15) is 17.3 Å². The predicted octanol–water partition coefficient (Wildman–Crippen LogP) is 2.42. The standard InChI is InChI=1S/C21H28N4O2/c1-2-27-18-8-9-20(19(16-18)21(22)26)23-10-11-24-12-14-25(15-13-24)17-6-4-3-5-7-17/h3-9,16,23H,2,10-15H2,1H3,(H2,22,26). The molecule has 0 aromatic heterocycles. The Labute approximate surface area is 160 Å². The van der Waals surface area contributed by atoms with Crippen LogP contribution in [-0.2, 0) is 0 Å². The fraction of sp³-hybridized carbons (Fsp3) is 0.381. The van der Waals surface area contributed by atoms with Crippen molar-refractivity contribution in [2.75, 3.05) is 56.1 Å². The van der Waals surface area contributed by atoms with E-state index in [0.29, 0.717) is 17.9 Å². The lowest BCUT2D eigenvalue weighted by Gasteiger charge is -2.36. The molecule has 27 heavy (non-hydrogen) atoms. The number of hydrogen-bond acceptors (Lipinski definition) is 5. The van der Waals surface area contributed by atoms with E-state index in [4.69, 9.17) is 10.5 Å². The van der Waals surface area contributed by atoms with Gasteiger partial charge in [0, 0.05) is 50.6 Å². The van der Waals surface area contributed by atoms with Gasteiger partial charge in [0.1, 0.15) is 5.75 Å². The van der Waals surface area contributed by atoms with Gasteiger partial charge >= 0.3 is 0 Å². The van der Waals surface area contributed by atoms with Gasteiger partial charge in [-0.2, -0.15) is 0 Å². The van der Waals surface area contributed by atoms with E-state index < -0.39 is 5.91 Å². The number of para-hydroxylation sites is 1. The second-order valence-electron chi connectivity index (χ2n) is 6.60. The van der Waals surface area contributed by atoms with E-state index >= 15 is 0 Å². The summed E-state index contributed by atoms with van der Waals surface area (Å²) in [5.74, 6) is 0.212. The van der Waals surface area contributed by atoms with E-state index in [1.165, 1.54) is 5.69 Å². The van der Waals surface area contributed by atoms with Crippen LogP contribution in [0.15, 0.2) is 48.5 Å². The lowest BCUT2D eigenvalue weighted by atomic mass is 10.1. The highest BCUT2D eigenvalue weighted by Gasteiger charge is 2.17. The van der Waals surface area contributed by atoms with Crippen molar-refractivity contribution in [3.63, 3.8) is 0 Å². The number of hydrogen-bond donors (Lipinski definition) is 2. The Kier molecular flexibility index (Phi) is 6.54. The van der Waals surface area contributed by atoms with Crippen molar-refractivity contribution in [3.8, 4) is 5.75 Å². The van der Waals surface area contributed by atoms with Gasteiger partial charge in [-0.25, -0.2) is 0 Å². The number of rotatable bonds is 8. The van der Waals surface area contributed by atoms with E-state index in [2.05, 4.69) is 39.4 Å². The summed E-state index contributed by atoms with van der Waals surface area (Å²) in [4.78, 5) is 16.6. The molecule has 1 aliphatic rings. The zero-order chi connectivity index (χ0) is 19.1. The highest BCUT2D eigenvalue weighted by Crippen LogP contribution is 2.22. The van der Waals surface area contributed by atoms with Crippen LogP contribution in [0.25, 0.3) is 0 Å². The molecule has 1 heterocycles. The Hall–Kier alpha value is -2.73. The average molecular weight is 368 g/mol. The zero-order valence-corrected chi connectivity index (χ0v) is 15.9. The van der Waals surface area contributed by atoms with Crippen molar-refractivity contribution in [2.45, 2.75) is 6.92 Å². The third-order valence-electron chi connectivity index (χ3n) is 4.80. The molecular formula is C21H28N4O2. The predicted molar refractivity (Wildman–Crippen MR) is 110 cm³/mol. The second kappa shape index (κ2) is 9.28. The monoisotopic (exact) mass is 368 g/mol. The molecule has 1 aliphatic heterocycles. The summed E-state index contributed by atoms with van der Waals surface area (Å²) >= 11 is 0. The van der Waals surface area contributed by atoms with Crippen molar-refractivity contribution < 1.29 is 9.53 Å². The average Bonchev–Trinajstić information content (AvgIpc) is 2.70. The van der Waals surface area contributed by atoms with Gasteiger partial charge in [-0.1, -0.05) is 18.2 Å². The number of nitrogens with zero attached hydrogens (tertiary/aromatic N) is 2. The maximum absolute atomic E-state index is 11.7. The maximum atomic E-state index is 11.7. The van der Waals surface area contributed by atoms with Gasteiger partial charge in [0.2, 0.25) is 0 Å². The third-order valence-corrected chi connectivity index (χ3v) is 4.80. The quantitative estimate of drug-likeness (QED) is 0.749. The van der Waals surface area contributed by atoms with Crippen molar-refractivity contribution in [1.29, 1.82) is 0 Å². The molecule has 0 radical (unpaired) electrons. The Balaban J connectivity index is 1.48. The molecule has 1 fully saturated rings. The van der Waals surface area contributed by atoms with Crippen LogP contribution in [-0.4, -0.2) is 56.7 Å². The van der Waals surface area contributed by atoms with Gasteiger partial charge in [0.05, 0.1) is 12.2 Å². The maximum Gasteiger partial charge on any atom is 0.250 e. The summed E-state index contributed by atoms with van der Waals surface area (Å²) < 4.78 is 5.45. The molecule has 1 amide bonds. The molecule has 3 rings (SSSR count). The summed E-state index contributed by atoms with van der Waals surface area (Å²) in [6.07, 6.45) is 0. The van der Waals surface area contributed by atoms with Crippen molar-refractivity contribution >= 4 is 17.3 Å². The zero-order valence-electron chi connectivity index (χ0n) is 15.9. The summed E-state index contributed by atoms with van der Waals surface area (Å²) in [6, 6.07) is 16.0. The van der Waals surface area contributed by atoms with Crippen LogP contribution in [0.5, 0.6) is 5.75 Å². The summed E-state index contributed by atoms with van der Waals surface area (Å²) in [6.45, 7) is 8.27. The Bertz CT molecular complexity index is 743. The molecule has 0 aliphatic carbocycles. The van der Waals surface area contributed by atoms with Crippen LogP contribution >= 0.6 is 0 Å². The molecule has 144 valence electrons. The van der Waals surface area contributed by atoms with Crippen molar-refractivity contribution in [2.24, 2.45) is 5.73 Å². The molecule has 2 aromatic rings. The topological polar surface area (TPSA) is 70.8 Å². The van der Waals surface area contributed by atoms with E-state index in [9.17, 15) is 4.79 Å². The molecular weight excluding hydrogens is 340 g/mol. The Morgan fingerprint density at radius 2 is 1.85 bits per heavy atom. The van der Waals surface area contributed by atoms with Crippen molar-refractivity contribution in [3.05, 3.63) is 54.1 Å². The fourth-order valence-corrected chi connectivity index (χ4v) is 3.35. The van der Waals surface area contributed by atoms with Gasteiger partial charge in [-0.15, -0.1) is 0 Å². The first-order valence-corrected chi connectivity index (χ1v) is 9.50. The number of ether oxygens (including phenoxy) is 1. The smallest absolute Gasteiger partial charge is 0.250 e. The Morgan fingerprint density at radius 3 is 2.52 bits per heavy atom. The number of anilines is 2. The second-order valence-corrected chi connectivity index (χ2v) is 6.60. The third kappa shape index (κ3) is 5.14. The molecule has 6 nitrogen and oxygen atoms in total. The number of nitrogens with one attached hydrogen (secondary N) is 1. The normalized spacial score (nSPS) is 14.8. The summed E-state index contributed by atoms with van der Waals surface area (Å²) in [5.41, 5.74) is 8.03. The summed E-state index contributed by atoms with van der Waals surface area (Å²) in [5, 5.41) is 3.34. The van der Waals surface area contributed by atoms with Gasteiger partial charge < -0.3 is 20.7 Å². The molecule has 2 aromatic carbocycles. The van der Waals surface area contributed by atoms with Crippen molar-refractivity contribution in [1.82, 2.24) is 4.90 Å². The van der Waals surface area contributed by atoms with Gasteiger partial charge in [0.25, 0.3) is 5.91 Å². The number of piperazine rings is 1. The first kappa shape index (κ1) is 19.0. The molecule has 1 saturated heterocycles. The lowest BCUT2D eigenvalue weighted by molar-refractivity contribution is 0.100. The lowest BCUT2D eigenvalue weighted by Crippen LogP contribution is -2.47. The SMILES string of the molecule is CCOc1ccc(NCCN2CCN(c3ccccc3)CC2)c(C(N)=O)c1. The number of primary amides is 1. The van der Waals surface area contributed by atoms with E-state index in [1.807, 2.05) is 25.1 Å². The molecule has 0 bridgehead atoms. The molecule has 0 atom stereocenters. The molecule has 0 saturated carbocycles. The number of carbonyl (C=O) groups excluding carboxylic acids is 1. The minimum absolute atomic E-state index is 0.449. The molecule has 0 unspecified atom stereocenters. The fourth-order valence-electron chi connectivity index (χ4n) is 3.35.